The number of ether oxygens (including phenoxy) is 1. The second-order valence-corrected chi connectivity index (χ2v) is 8.38. The highest BCUT2D eigenvalue weighted by atomic mass is 16.5. The first-order valence-electron chi connectivity index (χ1n) is 10.9. The Morgan fingerprint density at radius 2 is 2.09 bits per heavy atom. The molecule has 1 aliphatic rings. The van der Waals surface area contributed by atoms with Gasteiger partial charge in [-0.05, 0) is 57.9 Å². The highest BCUT2D eigenvalue weighted by molar-refractivity contribution is 5.90. The molecule has 1 fully saturated rings. The number of anilines is 1. The number of hydrogen-bond acceptors (Lipinski definition) is 7. The van der Waals surface area contributed by atoms with Crippen LogP contribution in [0.3, 0.4) is 0 Å². The van der Waals surface area contributed by atoms with E-state index in [4.69, 9.17) is 9.15 Å². The van der Waals surface area contributed by atoms with Gasteiger partial charge in [0.2, 0.25) is 5.91 Å². The van der Waals surface area contributed by atoms with Crippen molar-refractivity contribution < 1.29 is 13.9 Å². The average Bonchev–Trinajstić information content (AvgIpc) is 3.46. The fourth-order valence-corrected chi connectivity index (χ4v) is 4.09. The number of aromatic nitrogens is 4. The number of nitrogens with one attached hydrogen (secondary N) is 1. The Labute approximate surface area is 187 Å². The molecule has 170 valence electrons. The minimum absolute atomic E-state index is 0.0526. The highest BCUT2D eigenvalue weighted by Crippen LogP contribution is 2.24. The van der Waals surface area contributed by atoms with Crippen LogP contribution in [0.1, 0.15) is 30.0 Å². The van der Waals surface area contributed by atoms with E-state index in [1.165, 1.54) is 0 Å². The second-order valence-electron chi connectivity index (χ2n) is 8.38. The van der Waals surface area contributed by atoms with Crippen LogP contribution in [0.25, 0.3) is 17.4 Å². The molecule has 1 aliphatic heterocycles. The number of furan rings is 1. The molecule has 4 heterocycles. The summed E-state index contributed by atoms with van der Waals surface area (Å²) >= 11 is 0. The molecule has 0 unspecified atom stereocenters. The Balaban J connectivity index is 1.53. The second kappa shape index (κ2) is 9.62. The summed E-state index contributed by atoms with van der Waals surface area (Å²) < 4.78 is 12.6. The summed E-state index contributed by atoms with van der Waals surface area (Å²) in [5.74, 6) is 3.02. The van der Waals surface area contributed by atoms with Gasteiger partial charge in [0.25, 0.3) is 0 Å². The van der Waals surface area contributed by atoms with E-state index in [-0.39, 0.29) is 5.91 Å². The van der Waals surface area contributed by atoms with E-state index in [9.17, 15) is 4.79 Å². The van der Waals surface area contributed by atoms with E-state index >= 15 is 0 Å². The maximum Gasteiger partial charge on any atom is 0.225 e. The fourth-order valence-electron chi connectivity index (χ4n) is 4.09. The van der Waals surface area contributed by atoms with Crippen molar-refractivity contribution in [1.29, 1.82) is 0 Å². The molecule has 0 aromatic carbocycles. The van der Waals surface area contributed by atoms with E-state index in [2.05, 4.69) is 25.3 Å². The first kappa shape index (κ1) is 22.2. The number of likely N-dealkylation sites (tertiary alicyclic amines) is 1. The van der Waals surface area contributed by atoms with Crippen LogP contribution >= 0.6 is 0 Å². The van der Waals surface area contributed by atoms with Gasteiger partial charge in [-0.2, -0.15) is 5.10 Å². The van der Waals surface area contributed by atoms with Gasteiger partial charge in [0, 0.05) is 38.4 Å². The summed E-state index contributed by atoms with van der Waals surface area (Å²) in [6.45, 7) is 9.29. The van der Waals surface area contributed by atoms with Gasteiger partial charge in [-0.1, -0.05) is 0 Å². The third-order valence-electron chi connectivity index (χ3n) is 5.62. The van der Waals surface area contributed by atoms with Crippen LogP contribution in [-0.2, 0) is 9.53 Å². The molecular formula is C23H30N6O3. The minimum Gasteiger partial charge on any atom is -0.458 e. The predicted molar refractivity (Wildman–Crippen MR) is 121 cm³/mol. The van der Waals surface area contributed by atoms with Crippen LogP contribution in [0.15, 0.2) is 28.7 Å². The molecule has 1 atom stereocenters. The number of methoxy groups -OCH3 is 1. The van der Waals surface area contributed by atoms with Gasteiger partial charge in [-0.3, -0.25) is 4.79 Å². The standard InChI is InChI=1S/C23H30N6O3/c1-15-11-16(2)29(27-15)21-13-20(25-23(26-21)19-6-5-17(3)32-19)24-22(30)12-18-7-8-28(14-18)9-10-31-4/h5-6,11,13,18H,7-10,12,14H2,1-4H3,(H,24,25,26,30)/t18-/m0/s1. The maximum atomic E-state index is 12.8. The van der Waals surface area contributed by atoms with Crippen molar-refractivity contribution in [3.63, 3.8) is 0 Å². The molecular weight excluding hydrogens is 408 g/mol. The van der Waals surface area contributed by atoms with Crippen LogP contribution in [-0.4, -0.2) is 63.9 Å². The molecule has 0 radical (unpaired) electrons. The molecule has 0 bridgehead atoms. The predicted octanol–water partition coefficient (Wildman–Crippen LogP) is 3.14. The molecule has 3 aromatic heterocycles. The van der Waals surface area contributed by atoms with E-state index in [1.54, 1.807) is 17.9 Å². The molecule has 0 aliphatic carbocycles. The molecule has 1 saturated heterocycles. The summed E-state index contributed by atoms with van der Waals surface area (Å²) in [6.07, 6.45) is 1.47. The Bertz CT molecular complexity index is 1090. The summed E-state index contributed by atoms with van der Waals surface area (Å²) in [7, 11) is 1.71. The van der Waals surface area contributed by atoms with Gasteiger partial charge < -0.3 is 19.4 Å². The van der Waals surface area contributed by atoms with Gasteiger partial charge in [-0.15, -0.1) is 0 Å². The summed E-state index contributed by atoms with van der Waals surface area (Å²) in [4.78, 5) is 24.3. The van der Waals surface area contributed by atoms with Gasteiger partial charge in [0.15, 0.2) is 17.4 Å². The lowest BCUT2D eigenvalue weighted by Gasteiger charge is -2.15. The van der Waals surface area contributed by atoms with Gasteiger partial charge in [0.1, 0.15) is 11.6 Å². The van der Waals surface area contributed by atoms with E-state index in [0.29, 0.717) is 42.2 Å². The van der Waals surface area contributed by atoms with Gasteiger partial charge in [0.05, 0.1) is 12.3 Å². The zero-order chi connectivity index (χ0) is 22.7. The zero-order valence-electron chi connectivity index (χ0n) is 19.1. The summed E-state index contributed by atoms with van der Waals surface area (Å²) in [5.41, 5.74) is 1.84. The first-order valence-corrected chi connectivity index (χ1v) is 10.9. The number of nitrogens with zero attached hydrogens (tertiary/aromatic N) is 5. The molecule has 32 heavy (non-hydrogen) atoms. The topological polar surface area (TPSA) is 98.3 Å². The normalized spacial score (nSPS) is 16.6. The number of aryl methyl sites for hydroxylation is 3. The molecule has 1 N–H and O–H groups in total. The van der Waals surface area contributed by atoms with Crippen LogP contribution in [0.4, 0.5) is 5.82 Å². The third kappa shape index (κ3) is 5.23. The maximum absolute atomic E-state index is 12.8. The first-order chi connectivity index (χ1) is 15.4. The molecule has 9 heteroatoms. The largest absolute Gasteiger partial charge is 0.458 e. The smallest absolute Gasteiger partial charge is 0.225 e. The van der Waals surface area contributed by atoms with Crippen molar-refractivity contribution in [1.82, 2.24) is 24.6 Å². The van der Waals surface area contributed by atoms with Crippen molar-refractivity contribution in [2.75, 3.05) is 38.7 Å². The van der Waals surface area contributed by atoms with Crippen LogP contribution in [0.2, 0.25) is 0 Å². The van der Waals surface area contributed by atoms with Crippen molar-refractivity contribution in [3.8, 4) is 17.4 Å². The average molecular weight is 439 g/mol. The van der Waals surface area contributed by atoms with Crippen LogP contribution < -0.4 is 5.32 Å². The van der Waals surface area contributed by atoms with Crippen LogP contribution in [0, 0.1) is 26.7 Å². The Hall–Kier alpha value is -3.04. The van der Waals surface area contributed by atoms with Crippen molar-refractivity contribution in [2.24, 2.45) is 5.92 Å². The lowest BCUT2D eigenvalue weighted by atomic mass is 10.0. The highest BCUT2D eigenvalue weighted by Gasteiger charge is 2.24. The van der Waals surface area contributed by atoms with Gasteiger partial charge in [-0.25, -0.2) is 14.6 Å². The summed E-state index contributed by atoms with van der Waals surface area (Å²) in [5, 5.41) is 7.49. The summed E-state index contributed by atoms with van der Waals surface area (Å²) in [6, 6.07) is 7.42. The Morgan fingerprint density at radius 1 is 1.25 bits per heavy atom. The van der Waals surface area contributed by atoms with Crippen LogP contribution in [0.5, 0.6) is 0 Å². The molecule has 9 nitrogen and oxygen atoms in total. The Kier molecular flexibility index (Phi) is 6.66. The monoisotopic (exact) mass is 438 g/mol. The van der Waals surface area contributed by atoms with E-state index in [1.807, 2.05) is 39.0 Å². The molecule has 0 spiro atoms. The molecule has 0 saturated carbocycles. The number of amides is 1. The SMILES string of the molecule is COCCN1CC[C@@H](CC(=O)Nc2cc(-n3nc(C)cc3C)nc(-c3ccc(C)o3)n2)C1. The number of rotatable bonds is 8. The number of carbonyl (C=O) groups excluding carboxylic acids is 1. The molecule has 4 rings (SSSR count). The number of carbonyl (C=O) groups is 1. The van der Waals surface area contributed by atoms with Gasteiger partial charge >= 0.3 is 0 Å². The number of hydrogen-bond donors (Lipinski definition) is 1. The third-order valence-corrected chi connectivity index (χ3v) is 5.62. The Morgan fingerprint density at radius 3 is 2.78 bits per heavy atom. The molecule has 1 amide bonds. The van der Waals surface area contributed by atoms with E-state index < -0.39 is 0 Å². The quantitative estimate of drug-likeness (QED) is 0.577. The zero-order valence-corrected chi connectivity index (χ0v) is 19.1. The van der Waals surface area contributed by atoms with E-state index in [0.717, 1.165) is 43.2 Å². The van der Waals surface area contributed by atoms with Crippen molar-refractivity contribution in [3.05, 3.63) is 41.4 Å². The lowest BCUT2D eigenvalue weighted by Crippen LogP contribution is -2.26. The minimum atomic E-state index is -0.0526. The van der Waals surface area contributed by atoms with Crippen molar-refractivity contribution >= 4 is 11.7 Å². The lowest BCUT2D eigenvalue weighted by molar-refractivity contribution is -0.117. The van der Waals surface area contributed by atoms with Crippen molar-refractivity contribution in [2.45, 2.75) is 33.6 Å². The fraction of sp³-hybridized carbons (Fsp3) is 0.478. The molecule has 3 aromatic rings.